The van der Waals surface area contributed by atoms with Crippen molar-refractivity contribution in [2.24, 2.45) is 11.1 Å². The highest BCUT2D eigenvalue weighted by Crippen LogP contribution is 2.09. The van der Waals surface area contributed by atoms with Crippen molar-refractivity contribution < 1.29 is 24.3 Å². The standard InChI is InChI=1S/C22H33N3O5/c1-5-6-12-17(25-29)20(26)23-18(13-15(2)3)21(27)24-19(22(28)30-4)14-16-10-8-7-9-11-16/h7-11,15,18-19,29H,5-6,12-14H2,1-4H3,(H,23,26)(H,24,27)/b25-17+/t18-,19-/m0/s1. The molecule has 0 heterocycles. The van der Waals surface area contributed by atoms with E-state index in [4.69, 9.17) is 9.94 Å². The Hall–Kier alpha value is -2.90. The number of nitrogens with one attached hydrogen (secondary N) is 2. The SMILES string of the molecule is CCCC/C(=N\O)C(=O)N[C@@H](CC(C)C)C(=O)N[C@@H](Cc1ccccc1)C(=O)OC. The molecule has 2 amide bonds. The minimum atomic E-state index is -0.887. The van der Waals surface area contributed by atoms with Gasteiger partial charge in [-0.15, -0.1) is 0 Å². The van der Waals surface area contributed by atoms with Crippen LogP contribution in [0.1, 0.15) is 52.0 Å². The molecule has 0 aromatic heterocycles. The van der Waals surface area contributed by atoms with Crippen molar-refractivity contribution in [3.63, 3.8) is 0 Å². The number of methoxy groups -OCH3 is 1. The molecule has 3 N–H and O–H groups in total. The predicted octanol–water partition coefficient (Wildman–Crippen LogP) is 2.44. The Kier molecular flexibility index (Phi) is 11.2. The van der Waals surface area contributed by atoms with Crippen molar-refractivity contribution in [3.8, 4) is 0 Å². The molecule has 166 valence electrons. The summed E-state index contributed by atoms with van der Waals surface area (Å²) in [4.78, 5) is 37.6. The van der Waals surface area contributed by atoms with Crippen LogP contribution in [0.2, 0.25) is 0 Å². The van der Waals surface area contributed by atoms with Crippen molar-refractivity contribution >= 4 is 23.5 Å². The van der Waals surface area contributed by atoms with E-state index in [1.54, 1.807) is 0 Å². The molecular weight excluding hydrogens is 386 g/mol. The second-order valence-corrected chi connectivity index (χ2v) is 7.58. The summed E-state index contributed by atoms with van der Waals surface area (Å²) in [6.07, 6.45) is 2.47. The van der Waals surface area contributed by atoms with E-state index in [9.17, 15) is 14.4 Å². The number of oxime groups is 1. The third kappa shape index (κ3) is 8.63. The first kappa shape index (κ1) is 25.1. The third-order valence-corrected chi connectivity index (χ3v) is 4.56. The molecule has 1 aromatic rings. The number of unbranched alkanes of at least 4 members (excludes halogenated alkanes) is 1. The summed E-state index contributed by atoms with van der Waals surface area (Å²) in [6.45, 7) is 5.81. The van der Waals surface area contributed by atoms with Gasteiger partial charge < -0.3 is 20.6 Å². The van der Waals surface area contributed by atoms with Crippen molar-refractivity contribution in [1.82, 2.24) is 10.6 Å². The van der Waals surface area contributed by atoms with Gasteiger partial charge in [0.1, 0.15) is 17.8 Å². The highest BCUT2D eigenvalue weighted by atomic mass is 16.5. The minimum Gasteiger partial charge on any atom is -0.467 e. The van der Waals surface area contributed by atoms with Gasteiger partial charge in [0.2, 0.25) is 5.91 Å². The number of ether oxygens (including phenoxy) is 1. The maximum atomic E-state index is 12.9. The molecule has 0 saturated heterocycles. The van der Waals surface area contributed by atoms with Gasteiger partial charge in [-0.1, -0.05) is 62.7 Å². The summed E-state index contributed by atoms with van der Waals surface area (Å²) in [6, 6.07) is 7.50. The second-order valence-electron chi connectivity index (χ2n) is 7.58. The van der Waals surface area contributed by atoms with Gasteiger partial charge in [0.15, 0.2) is 0 Å². The van der Waals surface area contributed by atoms with Gasteiger partial charge in [0.25, 0.3) is 5.91 Å². The molecule has 8 nitrogen and oxygen atoms in total. The molecule has 0 aliphatic heterocycles. The van der Waals surface area contributed by atoms with Gasteiger partial charge in [0, 0.05) is 6.42 Å². The fraction of sp³-hybridized carbons (Fsp3) is 0.545. The Labute approximate surface area is 178 Å². The fourth-order valence-corrected chi connectivity index (χ4v) is 2.96. The van der Waals surface area contributed by atoms with E-state index in [2.05, 4.69) is 15.8 Å². The number of carbonyl (C=O) groups excluding carboxylic acids is 3. The highest BCUT2D eigenvalue weighted by Gasteiger charge is 2.29. The lowest BCUT2D eigenvalue weighted by Gasteiger charge is -2.23. The first-order valence-electron chi connectivity index (χ1n) is 10.3. The van der Waals surface area contributed by atoms with Crippen molar-refractivity contribution in [1.29, 1.82) is 0 Å². The number of hydrogen-bond acceptors (Lipinski definition) is 6. The number of benzene rings is 1. The largest absolute Gasteiger partial charge is 0.467 e. The lowest BCUT2D eigenvalue weighted by Crippen LogP contribution is -2.53. The van der Waals surface area contributed by atoms with Crippen molar-refractivity contribution in [2.45, 2.75) is 65.0 Å². The number of nitrogens with zero attached hydrogens (tertiary/aromatic N) is 1. The molecule has 0 aliphatic carbocycles. The molecule has 1 aromatic carbocycles. The van der Waals surface area contributed by atoms with Crippen molar-refractivity contribution in [3.05, 3.63) is 35.9 Å². The van der Waals surface area contributed by atoms with Crippen LogP contribution in [0.4, 0.5) is 0 Å². The van der Waals surface area contributed by atoms with E-state index in [1.807, 2.05) is 51.1 Å². The molecular formula is C22H33N3O5. The first-order chi connectivity index (χ1) is 14.3. The van der Waals surface area contributed by atoms with Gasteiger partial charge >= 0.3 is 5.97 Å². The van der Waals surface area contributed by atoms with Gasteiger partial charge in [0.05, 0.1) is 7.11 Å². The number of hydrogen-bond donors (Lipinski definition) is 3. The van der Waals surface area contributed by atoms with E-state index in [1.165, 1.54) is 7.11 Å². The van der Waals surface area contributed by atoms with Gasteiger partial charge in [-0.2, -0.15) is 0 Å². The summed E-state index contributed by atoms with van der Waals surface area (Å²) >= 11 is 0. The zero-order valence-electron chi connectivity index (χ0n) is 18.2. The molecule has 0 fully saturated rings. The minimum absolute atomic E-state index is 0.0211. The maximum Gasteiger partial charge on any atom is 0.328 e. The molecule has 0 saturated carbocycles. The van der Waals surface area contributed by atoms with Crippen LogP contribution in [0.25, 0.3) is 0 Å². The summed E-state index contributed by atoms with van der Waals surface area (Å²) in [7, 11) is 1.26. The predicted molar refractivity (Wildman–Crippen MR) is 114 cm³/mol. The molecule has 8 heteroatoms. The van der Waals surface area contributed by atoms with Crippen molar-refractivity contribution in [2.75, 3.05) is 7.11 Å². The molecule has 0 radical (unpaired) electrons. The fourth-order valence-electron chi connectivity index (χ4n) is 2.96. The molecule has 30 heavy (non-hydrogen) atoms. The summed E-state index contributed by atoms with van der Waals surface area (Å²) in [5, 5.41) is 17.5. The second kappa shape index (κ2) is 13.3. The van der Waals surface area contributed by atoms with Gasteiger partial charge in [-0.3, -0.25) is 9.59 Å². The van der Waals surface area contributed by atoms with Crippen LogP contribution in [0, 0.1) is 5.92 Å². The average Bonchev–Trinajstić information content (AvgIpc) is 2.73. The zero-order valence-corrected chi connectivity index (χ0v) is 18.2. The number of amides is 2. The Balaban J connectivity index is 2.93. The monoisotopic (exact) mass is 419 g/mol. The van der Waals surface area contributed by atoms with Gasteiger partial charge in [-0.25, -0.2) is 4.79 Å². The number of carbonyl (C=O) groups is 3. The van der Waals surface area contributed by atoms with Crippen LogP contribution >= 0.6 is 0 Å². The summed E-state index contributed by atoms with van der Waals surface area (Å²) in [5.74, 6) is -1.54. The van der Waals surface area contributed by atoms with Crippen LogP contribution in [-0.4, -0.2) is 47.9 Å². The lowest BCUT2D eigenvalue weighted by atomic mass is 10.0. The van der Waals surface area contributed by atoms with E-state index >= 15 is 0 Å². The van der Waals surface area contributed by atoms with Crippen LogP contribution < -0.4 is 10.6 Å². The third-order valence-electron chi connectivity index (χ3n) is 4.56. The quantitative estimate of drug-likeness (QED) is 0.208. The topological polar surface area (TPSA) is 117 Å². The summed E-state index contributed by atoms with van der Waals surface area (Å²) < 4.78 is 4.83. The smallest absolute Gasteiger partial charge is 0.328 e. The molecule has 0 spiro atoms. The van der Waals surface area contributed by atoms with Crippen LogP contribution in [0.15, 0.2) is 35.5 Å². The Bertz CT molecular complexity index is 719. The first-order valence-corrected chi connectivity index (χ1v) is 10.3. The van der Waals surface area contributed by atoms with Crippen LogP contribution in [0.5, 0.6) is 0 Å². The number of rotatable bonds is 12. The molecule has 0 bridgehead atoms. The zero-order chi connectivity index (χ0) is 22.5. The molecule has 1 rings (SSSR count). The molecule has 2 atom stereocenters. The van der Waals surface area contributed by atoms with E-state index < -0.39 is 29.9 Å². The lowest BCUT2D eigenvalue weighted by molar-refractivity contribution is -0.145. The Morgan fingerprint density at radius 3 is 2.30 bits per heavy atom. The van der Waals surface area contributed by atoms with E-state index in [0.29, 0.717) is 19.3 Å². The van der Waals surface area contributed by atoms with Crippen LogP contribution in [0.3, 0.4) is 0 Å². The number of esters is 1. The Morgan fingerprint density at radius 1 is 1.10 bits per heavy atom. The molecule has 0 unspecified atom stereocenters. The Morgan fingerprint density at radius 2 is 1.77 bits per heavy atom. The van der Waals surface area contributed by atoms with Gasteiger partial charge in [-0.05, 0) is 30.7 Å². The average molecular weight is 420 g/mol. The highest BCUT2D eigenvalue weighted by molar-refractivity contribution is 6.39. The van der Waals surface area contributed by atoms with E-state index in [-0.39, 0.29) is 18.1 Å². The maximum absolute atomic E-state index is 12.9. The normalized spacial score (nSPS) is 13.4. The van der Waals surface area contributed by atoms with Crippen LogP contribution in [-0.2, 0) is 25.5 Å². The van der Waals surface area contributed by atoms with E-state index in [0.717, 1.165) is 12.0 Å². The summed E-state index contributed by atoms with van der Waals surface area (Å²) in [5.41, 5.74) is 0.846. The molecule has 0 aliphatic rings.